The molecule has 1 unspecified atom stereocenters. The van der Waals surface area contributed by atoms with Crippen molar-refractivity contribution in [2.75, 3.05) is 12.4 Å². The van der Waals surface area contributed by atoms with E-state index >= 15 is 0 Å². The lowest BCUT2D eigenvalue weighted by atomic mass is 10.2. The summed E-state index contributed by atoms with van der Waals surface area (Å²) in [6.45, 7) is 4.95. The van der Waals surface area contributed by atoms with E-state index in [9.17, 15) is 4.79 Å². The number of halogens is 1. The lowest BCUT2D eigenvalue weighted by molar-refractivity contribution is -0.907. The number of benzene rings is 1. The third-order valence-corrected chi connectivity index (χ3v) is 5.20. The number of thiophene rings is 1. The van der Waals surface area contributed by atoms with Crippen LogP contribution in [0.1, 0.15) is 17.4 Å². The Balaban J connectivity index is 1.95. The van der Waals surface area contributed by atoms with Crippen molar-refractivity contribution in [1.82, 2.24) is 0 Å². The predicted octanol–water partition coefficient (Wildman–Crippen LogP) is 2.86. The highest BCUT2D eigenvalue weighted by molar-refractivity contribution is 9.10. The van der Waals surface area contributed by atoms with E-state index < -0.39 is 0 Å². The maximum Gasteiger partial charge on any atom is 0.282 e. The number of carbonyl (C=O) groups is 1. The normalized spacial score (nSPS) is 13.7. The summed E-state index contributed by atoms with van der Waals surface area (Å²) in [4.78, 5) is 14.8. The van der Waals surface area contributed by atoms with Crippen LogP contribution in [0.3, 0.4) is 0 Å². The van der Waals surface area contributed by atoms with Gasteiger partial charge in [0.15, 0.2) is 6.04 Å². The molecule has 0 saturated carbocycles. The van der Waals surface area contributed by atoms with E-state index in [1.165, 1.54) is 15.3 Å². The quantitative estimate of drug-likeness (QED) is 0.836. The Morgan fingerprint density at radius 3 is 2.57 bits per heavy atom. The van der Waals surface area contributed by atoms with Gasteiger partial charge >= 0.3 is 0 Å². The topological polar surface area (TPSA) is 33.5 Å². The molecule has 2 atom stereocenters. The summed E-state index contributed by atoms with van der Waals surface area (Å²) in [5, 5.41) is 5.07. The second-order valence-corrected chi connectivity index (χ2v) is 7.18. The maximum absolute atomic E-state index is 12.3. The van der Waals surface area contributed by atoms with E-state index in [0.29, 0.717) is 0 Å². The fourth-order valence-electron chi connectivity index (χ4n) is 2.00. The summed E-state index contributed by atoms with van der Waals surface area (Å²) in [6, 6.07) is 9.66. The van der Waals surface area contributed by atoms with E-state index in [0.717, 1.165) is 16.7 Å². The van der Waals surface area contributed by atoms with E-state index in [4.69, 9.17) is 0 Å². The number of amides is 1. The van der Waals surface area contributed by atoms with Crippen LogP contribution in [0.2, 0.25) is 0 Å². The predicted molar refractivity (Wildman–Crippen MR) is 91.9 cm³/mol. The van der Waals surface area contributed by atoms with E-state index in [-0.39, 0.29) is 11.9 Å². The van der Waals surface area contributed by atoms with Gasteiger partial charge in [-0.15, -0.1) is 11.3 Å². The summed E-state index contributed by atoms with van der Waals surface area (Å²) in [6.07, 6.45) is 0. The summed E-state index contributed by atoms with van der Waals surface area (Å²) in [7, 11) is 2.06. The Bertz CT molecular complexity index is 609. The van der Waals surface area contributed by atoms with Gasteiger partial charge in [-0.1, -0.05) is 15.9 Å². The average molecular weight is 368 g/mol. The van der Waals surface area contributed by atoms with Crippen molar-refractivity contribution in [2.45, 2.75) is 26.4 Å². The molecule has 2 N–H and O–H groups in total. The summed E-state index contributed by atoms with van der Waals surface area (Å²) in [5.41, 5.74) is 2.13. The molecule has 0 aliphatic carbocycles. The van der Waals surface area contributed by atoms with Crippen molar-refractivity contribution in [3.63, 3.8) is 0 Å². The Labute approximate surface area is 138 Å². The minimum absolute atomic E-state index is 0.0454. The molecule has 21 heavy (non-hydrogen) atoms. The van der Waals surface area contributed by atoms with Crippen LogP contribution in [0.25, 0.3) is 0 Å². The lowest BCUT2D eigenvalue weighted by Gasteiger charge is -2.21. The molecule has 0 aliphatic heterocycles. The first-order chi connectivity index (χ1) is 9.97. The molecule has 2 rings (SSSR count). The van der Waals surface area contributed by atoms with Gasteiger partial charge in [0.25, 0.3) is 5.91 Å². The Hall–Kier alpha value is -1.17. The third kappa shape index (κ3) is 4.40. The zero-order valence-corrected chi connectivity index (χ0v) is 14.8. The van der Waals surface area contributed by atoms with Crippen LogP contribution in [0, 0.1) is 6.92 Å². The number of aryl methyl sites for hydroxylation is 1. The number of hydrogen-bond donors (Lipinski definition) is 2. The van der Waals surface area contributed by atoms with Gasteiger partial charge in [0.1, 0.15) is 6.54 Å². The molecule has 112 valence electrons. The maximum atomic E-state index is 12.3. The van der Waals surface area contributed by atoms with Crippen molar-refractivity contribution in [2.24, 2.45) is 0 Å². The molecule has 0 saturated heterocycles. The Morgan fingerprint density at radius 1 is 1.33 bits per heavy atom. The highest BCUT2D eigenvalue weighted by atomic mass is 79.9. The molecule has 1 heterocycles. The van der Waals surface area contributed by atoms with Crippen LogP contribution >= 0.6 is 27.3 Å². The molecule has 0 radical (unpaired) electrons. The van der Waals surface area contributed by atoms with E-state index in [1.807, 2.05) is 31.2 Å². The largest absolute Gasteiger partial charge is 0.323 e. The van der Waals surface area contributed by atoms with Crippen molar-refractivity contribution in [1.29, 1.82) is 0 Å². The van der Waals surface area contributed by atoms with Crippen molar-refractivity contribution < 1.29 is 9.69 Å². The molecule has 3 nitrogen and oxygen atoms in total. The SMILES string of the molecule is Cc1ccsc1C[NH+](C)[C@@H](C)C(=O)Nc1ccc(Br)cc1. The third-order valence-electron chi connectivity index (χ3n) is 3.65. The van der Waals surface area contributed by atoms with Gasteiger partial charge < -0.3 is 10.2 Å². The Morgan fingerprint density at radius 2 is 2.00 bits per heavy atom. The fraction of sp³-hybridized carbons (Fsp3) is 0.312. The van der Waals surface area contributed by atoms with Crippen LogP contribution < -0.4 is 10.2 Å². The molecule has 1 aromatic carbocycles. The molecular weight excluding hydrogens is 348 g/mol. The molecule has 0 bridgehead atoms. The number of carbonyl (C=O) groups excluding carboxylic acids is 1. The second kappa shape index (κ2) is 7.20. The van der Waals surface area contributed by atoms with Gasteiger partial charge in [-0.2, -0.15) is 0 Å². The van der Waals surface area contributed by atoms with Gasteiger partial charge in [-0.25, -0.2) is 0 Å². The number of anilines is 1. The van der Waals surface area contributed by atoms with Gasteiger partial charge in [-0.3, -0.25) is 4.79 Å². The first kappa shape index (κ1) is 16.2. The van der Waals surface area contributed by atoms with Crippen LogP contribution in [-0.4, -0.2) is 19.0 Å². The summed E-state index contributed by atoms with van der Waals surface area (Å²) < 4.78 is 1.00. The molecule has 1 amide bonds. The average Bonchev–Trinajstić information content (AvgIpc) is 2.86. The molecule has 5 heteroatoms. The van der Waals surface area contributed by atoms with Crippen molar-refractivity contribution in [3.8, 4) is 0 Å². The number of rotatable bonds is 5. The van der Waals surface area contributed by atoms with Gasteiger partial charge in [-0.05, 0) is 55.1 Å². The van der Waals surface area contributed by atoms with E-state index in [2.05, 4.69) is 46.7 Å². The van der Waals surface area contributed by atoms with Crippen molar-refractivity contribution >= 4 is 38.9 Å². The minimum Gasteiger partial charge on any atom is -0.323 e. The van der Waals surface area contributed by atoms with Crippen LogP contribution in [-0.2, 0) is 11.3 Å². The first-order valence-electron chi connectivity index (χ1n) is 6.89. The first-order valence-corrected chi connectivity index (χ1v) is 8.56. The monoisotopic (exact) mass is 367 g/mol. The molecule has 1 aromatic heterocycles. The molecule has 0 aliphatic rings. The van der Waals surface area contributed by atoms with E-state index in [1.54, 1.807) is 11.3 Å². The molecule has 0 spiro atoms. The number of quaternary nitrogens is 1. The molecule has 0 fully saturated rings. The van der Waals surface area contributed by atoms with Crippen LogP contribution in [0.5, 0.6) is 0 Å². The number of likely N-dealkylation sites (N-methyl/N-ethyl adjacent to an activating group) is 1. The van der Waals surface area contributed by atoms with Crippen molar-refractivity contribution in [3.05, 3.63) is 50.6 Å². The highest BCUT2D eigenvalue weighted by Crippen LogP contribution is 2.15. The standard InChI is InChI=1S/C16H19BrN2OS/c1-11-8-9-21-15(11)10-19(3)12(2)16(20)18-14-6-4-13(17)5-7-14/h4-9,12H,10H2,1-3H3,(H,18,20)/p+1/t12-/m0/s1. The minimum atomic E-state index is -0.102. The number of nitrogens with one attached hydrogen (secondary N) is 2. The summed E-state index contributed by atoms with van der Waals surface area (Å²) >= 11 is 5.14. The smallest absolute Gasteiger partial charge is 0.282 e. The zero-order valence-electron chi connectivity index (χ0n) is 12.4. The molecular formula is C16H20BrN2OS+. The highest BCUT2D eigenvalue weighted by Gasteiger charge is 2.22. The fourth-order valence-corrected chi connectivity index (χ4v) is 3.26. The van der Waals surface area contributed by atoms with Gasteiger partial charge in [0.2, 0.25) is 0 Å². The molecule has 2 aromatic rings. The van der Waals surface area contributed by atoms with Crippen LogP contribution in [0.15, 0.2) is 40.2 Å². The lowest BCUT2D eigenvalue weighted by Crippen LogP contribution is -3.12. The van der Waals surface area contributed by atoms with Crippen LogP contribution in [0.4, 0.5) is 5.69 Å². The Kier molecular flexibility index (Phi) is 5.56. The number of hydrogen-bond acceptors (Lipinski definition) is 2. The zero-order chi connectivity index (χ0) is 15.4. The van der Waals surface area contributed by atoms with Gasteiger partial charge in [0.05, 0.1) is 11.9 Å². The summed E-state index contributed by atoms with van der Waals surface area (Å²) in [5.74, 6) is 0.0454. The second-order valence-electron chi connectivity index (χ2n) is 5.27. The van der Waals surface area contributed by atoms with Gasteiger partial charge in [0, 0.05) is 10.2 Å².